The molecule has 0 radical (unpaired) electrons. The molecule has 0 saturated heterocycles. The molecule has 0 bridgehead atoms. The van der Waals surface area contributed by atoms with E-state index in [-0.39, 0.29) is 6.61 Å². The second-order valence-electron chi connectivity index (χ2n) is 5.05. The van der Waals surface area contributed by atoms with Crippen LogP contribution in [0.25, 0.3) is 5.65 Å². The summed E-state index contributed by atoms with van der Waals surface area (Å²) in [5.41, 5.74) is 1.73. The second kappa shape index (κ2) is 6.04. The van der Waals surface area contributed by atoms with E-state index in [0.29, 0.717) is 0 Å². The number of aromatic nitrogens is 2. The van der Waals surface area contributed by atoms with Crippen molar-refractivity contribution in [2.45, 2.75) is 13.0 Å². The van der Waals surface area contributed by atoms with Crippen molar-refractivity contribution in [1.29, 1.82) is 0 Å². The monoisotopic (exact) mass is 262 g/mol. The van der Waals surface area contributed by atoms with Crippen molar-refractivity contribution in [2.24, 2.45) is 0 Å². The van der Waals surface area contributed by atoms with E-state index in [1.54, 1.807) is 0 Å². The zero-order valence-corrected chi connectivity index (χ0v) is 11.9. The van der Waals surface area contributed by atoms with Crippen molar-refractivity contribution in [1.82, 2.24) is 14.3 Å². The van der Waals surface area contributed by atoms with E-state index in [9.17, 15) is 5.11 Å². The van der Waals surface area contributed by atoms with Gasteiger partial charge in [0.1, 0.15) is 5.65 Å². The van der Waals surface area contributed by atoms with Crippen molar-refractivity contribution >= 4 is 11.5 Å². The largest absolute Gasteiger partial charge is 0.390 e. The maximum atomic E-state index is 9.57. The van der Waals surface area contributed by atoms with Gasteiger partial charge in [-0.05, 0) is 39.2 Å². The number of hydrogen-bond acceptors (Lipinski definition) is 4. The van der Waals surface area contributed by atoms with Crippen LogP contribution in [-0.2, 0) is 6.61 Å². The lowest BCUT2D eigenvalue weighted by Crippen LogP contribution is -2.24. The molecule has 19 heavy (non-hydrogen) atoms. The minimum atomic E-state index is -0.00145. The Morgan fingerprint density at radius 3 is 2.68 bits per heavy atom. The van der Waals surface area contributed by atoms with Gasteiger partial charge in [-0.3, -0.25) is 4.40 Å². The SMILES string of the molecule is CN(C)CCCN(C)c1nc2ccccn2c1CO. The number of nitrogens with zero attached hydrogens (tertiary/aromatic N) is 4. The number of rotatable bonds is 6. The highest BCUT2D eigenvalue weighted by atomic mass is 16.3. The van der Waals surface area contributed by atoms with Gasteiger partial charge in [0, 0.05) is 19.8 Å². The lowest BCUT2D eigenvalue weighted by molar-refractivity contribution is 0.276. The normalized spacial score (nSPS) is 11.4. The summed E-state index contributed by atoms with van der Waals surface area (Å²) in [6, 6.07) is 5.86. The van der Waals surface area contributed by atoms with Gasteiger partial charge >= 0.3 is 0 Å². The Balaban J connectivity index is 2.19. The maximum Gasteiger partial charge on any atom is 0.153 e. The van der Waals surface area contributed by atoms with Gasteiger partial charge in [-0.2, -0.15) is 0 Å². The van der Waals surface area contributed by atoms with Gasteiger partial charge in [-0.1, -0.05) is 6.07 Å². The van der Waals surface area contributed by atoms with Gasteiger partial charge in [0.25, 0.3) is 0 Å². The molecule has 0 aromatic carbocycles. The highest BCUT2D eigenvalue weighted by Gasteiger charge is 2.14. The molecule has 2 aromatic heterocycles. The molecule has 0 fully saturated rings. The Labute approximate surface area is 114 Å². The van der Waals surface area contributed by atoms with Gasteiger partial charge in [0.05, 0.1) is 12.3 Å². The fourth-order valence-electron chi connectivity index (χ4n) is 2.22. The Kier molecular flexibility index (Phi) is 4.39. The quantitative estimate of drug-likeness (QED) is 0.850. The van der Waals surface area contributed by atoms with Crippen LogP contribution in [0.3, 0.4) is 0 Å². The first-order chi connectivity index (χ1) is 9.13. The molecule has 2 aromatic rings. The molecule has 0 spiro atoms. The number of aliphatic hydroxyl groups is 1. The zero-order chi connectivity index (χ0) is 13.8. The predicted molar refractivity (Wildman–Crippen MR) is 77.6 cm³/mol. The van der Waals surface area contributed by atoms with Crippen LogP contribution in [0.15, 0.2) is 24.4 Å². The first-order valence-electron chi connectivity index (χ1n) is 6.56. The van der Waals surface area contributed by atoms with Gasteiger partial charge in [0.2, 0.25) is 0 Å². The van der Waals surface area contributed by atoms with Crippen LogP contribution in [0, 0.1) is 0 Å². The molecule has 2 rings (SSSR count). The number of hydrogen-bond donors (Lipinski definition) is 1. The predicted octanol–water partition coefficient (Wildman–Crippen LogP) is 1.21. The van der Waals surface area contributed by atoms with Crippen LogP contribution in [0.4, 0.5) is 5.82 Å². The van der Waals surface area contributed by atoms with E-state index in [4.69, 9.17) is 0 Å². The third-order valence-corrected chi connectivity index (χ3v) is 3.22. The molecule has 0 unspecified atom stereocenters. The summed E-state index contributed by atoms with van der Waals surface area (Å²) in [6.45, 7) is 1.97. The summed E-state index contributed by atoms with van der Waals surface area (Å²) < 4.78 is 1.94. The average Bonchev–Trinajstić information content (AvgIpc) is 2.76. The van der Waals surface area contributed by atoms with Crippen molar-refractivity contribution in [3.05, 3.63) is 30.1 Å². The molecule has 0 aliphatic carbocycles. The van der Waals surface area contributed by atoms with Crippen LogP contribution >= 0.6 is 0 Å². The Morgan fingerprint density at radius 1 is 1.21 bits per heavy atom. The number of fused-ring (bicyclic) bond motifs is 1. The van der Waals surface area contributed by atoms with Crippen LogP contribution < -0.4 is 4.90 Å². The molecule has 0 saturated carbocycles. The molecule has 5 nitrogen and oxygen atoms in total. The Bertz CT molecular complexity index is 535. The molecule has 0 atom stereocenters. The fraction of sp³-hybridized carbons (Fsp3) is 0.500. The highest BCUT2D eigenvalue weighted by molar-refractivity contribution is 5.55. The van der Waals surface area contributed by atoms with Gasteiger partial charge in [0.15, 0.2) is 5.82 Å². The lowest BCUT2D eigenvalue weighted by Gasteiger charge is -2.19. The van der Waals surface area contributed by atoms with E-state index < -0.39 is 0 Å². The summed E-state index contributed by atoms with van der Waals surface area (Å²) in [7, 11) is 6.17. The number of pyridine rings is 1. The van der Waals surface area contributed by atoms with Crippen LogP contribution in [0.1, 0.15) is 12.1 Å². The van der Waals surface area contributed by atoms with Crippen molar-refractivity contribution < 1.29 is 5.11 Å². The van der Waals surface area contributed by atoms with Gasteiger partial charge < -0.3 is 14.9 Å². The van der Waals surface area contributed by atoms with Crippen molar-refractivity contribution in [2.75, 3.05) is 39.1 Å². The van der Waals surface area contributed by atoms with Crippen LogP contribution in [0.5, 0.6) is 0 Å². The topological polar surface area (TPSA) is 44.0 Å². The summed E-state index contributed by atoms with van der Waals surface area (Å²) in [4.78, 5) is 8.88. The first-order valence-corrected chi connectivity index (χ1v) is 6.56. The summed E-state index contributed by atoms with van der Waals surface area (Å²) in [5.74, 6) is 0.868. The van der Waals surface area contributed by atoms with Gasteiger partial charge in [-0.25, -0.2) is 4.98 Å². The molecule has 0 aliphatic heterocycles. The fourth-order valence-corrected chi connectivity index (χ4v) is 2.22. The smallest absolute Gasteiger partial charge is 0.153 e. The Hall–Kier alpha value is -1.59. The average molecular weight is 262 g/mol. The third-order valence-electron chi connectivity index (χ3n) is 3.22. The third kappa shape index (κ3) is 3.05. The second-order valence-corrected chi connectivity index (χ2v) is 5.05. The molecule has 104 valence electrons. The van der Waals surface area contributed by atoms with Crippen molar-refractivity contribution in [3.8, 4) is 0 Å². The molecule has 2 heterocycles. The highest BCUT2D eigenvalue weighted by Crippen LogP contribution is 2.20. The summed E-state index contributed by atoms with van der Waals surface area (Å²) >= 11 is 0. The minimum absolute atomic E-state index is 0.00145. The molecule has 1 N–H and O–H groups in total. The molecular formula is C14H22N4O. The van der Waals surface area contributed by atoms with E-state index in [2.05, 4.69) is 28.9 Å². The maximum absolute atomic E-state index is 9.57. The minimum Gasteiger partial charge on any atom is -0.390 e. The number of imidazole rings is 1. The molecule has 0 aliphatic rings. The van der Waals surface area contributed by atoms with E-state index in [1.165, 1.54) is 0 Å². The van der Waals surface area contributed by atoms with E-state index in [1.807, 2.05) is 35.8 Å². The van der Waals surface area contributed by atoms with Gasteiger partial charge in [-0.15, -0.1) is 0 Å². The van der Waals surface area contributed by atoms with Crippen molar-refractivity contribution in [3.63, 3.8) is 0 Å². The number of aliphatic hydroxyl groups excluding tert-OH is 1. The summed E-state index contributed by atoms with van der Waals surface area (Å²) in [5, 5.41) is 9.57. The molecule has 5 heteroatoms. The zero-order valence-electron chi connectivity index (χ0n) is 11.9. The first kappa shape index (κ1) is 13.8. The standard InChI is InChI=1S/C14H22N4O/c1-16(2)8-6-9-17(3)14-12(11-19)18-10-5-4-7-13(18)15-14/h4-5,7,10,19H,6,8-9,11H2,1-3H3. The molecule has 0 amide bonds. The van der Waals surface area contributed by atoms with E-state index in [0.717, 1.165) is 36.7 Å². The Morgan fingerprint density at radius 2 is 2.00 bits per heavy atom. The van der Waals surface area contributed by atoms with Crippen LogP contribution in [-0.4, -0.2) is 53.6 Å². The van der Waals surface area contributed by atoms with Crippen LogP contribution in [0.2, 0.25) is 0 Å². The molecular weight excluding hydrogens is 240 g/mol. The lowest BCUT2D eigenvalue weighted by atomic mass is 10.3. The summed E-state index contributed by atoms with van der Waals surface area (Å²) in [6.07, 6.45) is 3.01. The number of anilines is 1. The van der Waals surface area contributed by atoms with E-state index >= 15 is 0 Å².